The molecule has 1 aliphatic rings. The minimum absolute atomic E-state index is 0. The van der Waals surface area contributed by atoms with E-state index in [1.807, 2.05) is 157 Å². The fourth-order valence-corrected chi connectivity index (χ4v) is 12.2. The SMILES string of the molecule is C.COC(=O)c1ccc(-c2ccc3c(c2)ncn3-c2ccccc2)cc1.O=C(NCCN1CCCCC1)c1ccc(-c2ccc3c(c2)ncn3-c2ccccc2)cc1.O=C(O)c1ccc(-c2ccc3c(c2)ncn3-c2ccccc2)cc1.[B][B]B(B([B])[B])B(B([B])[B])B(B([B])[B])B([B])[B].[K+].[OH-]. The summed E-state index contributed by atoms with van der Waals surface area (Å²) in [5.74, 6) is -1.26. The van der Waals surface area contributed by atoms with E-state index in [4.69, 9.17) is 79.5 Å². The number of piperidine rings is 1. The van der Waals surface area contributed by atoms with Crippen molar-refractivity contribution in [3.63, 3.8) is 0 Å². The molecule has 12 aromatic rings. The first kappa shape index (κ1) is 80.8. The number of para-hydroxylation sites is 3. The van der Waals surface area contributed by atoms with Gasteiger partial charge < -0.3 is 25.5 Å². The molecule has 32 heteroatoms. The Hall–Kier alpha value is -7.54. The maximum Gasteiger partial charge on any atom is 1.00 e. The van der Waals surface area contributed by atoms with E-state index in [1.165, 1.54) is 33.4 Å². The summed E-state index contributed by atoms with van der Waals surface area (Å²) in [6.45, 7) is 3.93. The molecular formula is C69H63B17KN8O6. The average molecular weight is 1320 g/mol. The second-order valence-electron chi connectivity index (χ2n) is 23.9. The quantitative estimate of drug-likeness (QED) is 0.0847. The van der Waals surface area contributed by atoms with Gasteiger partial charge in [-0.05, 0) is 169 Å². The molecule has 467 valence electrons. The van der Waals surface area contributed by atoms with E-state index in [0.717, 1.165) is 103 Å². The van der Waals surface area contributed by atoms with Crippen molar-refractivity contribution in [1.82, 2.24) is 38.9 Å². The number of hydrogen-bond donors (Lipinski definition) is 2. The Morgan fingerprint density at radius 1 is 0.475 bits per heavy atom. The van der Waals surface area contributed by atoms with E-state index in [0.29, 0.717) is 17.7 Å². The van der Waals surface area contributed by atoms with Gasteiger partial charge in [-0.15, -0.1) is 0 Å². The molecule has 1 saturated heterocycles. The van der Waals surface area contributed by atoms with Crippen LogP contribution < -0.4 is 56.7 Å². The Morgan fingerprint density at radius 2 is 0.822 bits per heavy atom. The van der Waals surface area contributed by atoms with Gasteiger partial charge in [0.15, 0.2) is 0 Å². The van der Waals surface area contributed by atoms with Gasteiger partial charge in [0.2, 0.25) is 0 Å². The zero-order valence-corrected chi connectivity index (χ0v) is 59.1. The molecule has 1 amide bonds. The van der Waals surface area contributed by atoms with Crippen molar-refractivity contribution in [2.75, 3.05) is 33.3 Å². The zero-order valence-electron chi connectivity index (χ0n) is 55.9. The summed E-state index contributed by atoms with van der Waals surface area (Å²) >= 11 is 0. The number of carboxylic acid groups (broad SMARTS) is 1. The number of aromatic nitrogens is 6. The number of imidazole rings is 3. The molecule has 101 heavy (non-hydrogen) atoms. The van der Waals surface area contributed by atoms with Crippen LogP contribution in [0.25, 0.3) is 83.5 Å². The molecular weight excluding hydrogens is 1260 g/mol. The smallest absolute Gasteiger partial charge is 0.870 e. The Labute approximate surface area is 650 Å². The summed E-state index contributed by atoms with van der Waals surface area (Å²) in [5.41, 5.74) is 17.0. The van der Waals surface area contributed by atoms with E-state index in [1.54, 1.807) is 24.3 Å². The number of carbonyl (C=O) groups is 3. The standard InChI is InChI=1S/C27H28N4O.C21H16N2O2.C20H14N2O2.CH4.B17.K.H2O/c32-27(28-15-18-30-16-5-2-6-17-30)22-11-9-21(10-12-22)23-13-14-26-25(19-23)29-20-31(26)24-7-3-1-4-8-24;1-25-21(24)16-9-7-15(8-10-16)17-11-12-20-19(13-17)22-14-23(20)18-5-3-2-4-6-18;23-20(24)15-8-6-14(7-9-15)16-10-11-19-18(12-16)21-13-22(19)17-4-2-1-3-5-17;;1-10-15(11(2)3)17(14(8)9)16(12(4)5)13(6)7;;/h1,3-4,7-14,19-20H,2,5-6,15-18H2,(H,28,32);2-14H,1H3;1-13H,(H,23,24);1H4;;;1H2/q;;;;;+1;/p-1. The van der Waals surface area contributed by atoms with Gasteiger partial charge in [0.1, 0.15) is 19.0 Å². The third-order valence-electron chi connectivity index (χ3n) is 17.4. The van der Waals surface area contributed by atoms with Crippen molar-refractivity contribution in [2.24, 2.45) is 0 Å². The molecule has 0 unspecified atom stereocenters. The van der Waals surface area contributed by atoms with Gasteiger partial charge in [-0.25, -0.2) is 24.5 Å². The first-order valence-electron chi connectivity index (χ1n) is 32.3. The molecule has 1 aliphatic heterocycles. The van der Waals surface area contributed by atoms with Crippen LogP contribution in [0.15, 0.2) is 237 Å². The summed E-state index contributed by atoms with van der Waals surface area (Å²) in [5, 5.41) is 12.0. The molecule has 0 aliphatic carbocycles. The summed E-state index contributed by atoms with van der Waals surface area (Å²) in [4.78, 5) is 51.0. The monoisotopic (exact) mass is 1330 g/mol. The van der Waals surface area contributed by atoms with Crippen LogP contribution in [0.5, 0.6) is 0 Å². The number of nitrogens with one attached hydrogen (secondary N) is 1. The maximum atomic E-state index is 12.5. The van der Waals surface area contributed by atoms with Gasteiger partial charge in [0, 0.05) is 157 Å². The van der Waals surface area contributed by atoms with Crippen LogP contribution >= 0.6 is 0 Å². The number of hydrogen-bond acceptors (Lipinski definition) is 9. The second-order valence-corrected chi connectivity index (χ2v) is 23.9. The Kier molecular flexibility index (Phi) is 31.3. The Bertz CT molecular complexity index is 4580. The van der Waals surface area contributed by atoms with Gasteiger partial charge in [-0.1, -0.05) is 123 Å². The number of ether oxygens (including phenoxy) is 1. The molecule has 0 spiro atoms. The van der Waals surface area contributed by atoms with Crippen molar-refractivity contribution in [2.45, 2.75) is 26.7 Å². The van der Waals surface area contributed by atoms with E-state index in [-0.39, 0.29) is 81.7 Å². The van der Waals surface area contributed by atoms with Gasteiger partial charge >= 0.3 is 63.3 Å². The molecule has 9 aromatic carbocycles. The van der Waals surface area contributed by atoms with E-state index < -0.39 is 50.7 Å². The predicted octanol–water partition coefficient (Wildman–Crippen LogP) is 4.77. The molecule has 0 saturated carbocycles. The summed E-state index contributed by atoms with van der Waals surface area (Å²) < 4.78 is 10.9. The van der Waals surface area contributed by atoms with E-state index >= 15 is 0 Å². The molecule has 0 bridgehead atoms. The molecule has 19 radical (unpaired) electrons. The van der Waals surface area contributed by atoms with Crippen molar-refractivity contribution in [1.29, 1.82) is 0 Å². The number of methoxy groups -OCH3 is 1. The predicted molar refractivity (Wildman–Crippen MR) is 427 cm³/mol. The van der Waals surface area contributed by atoms with Crippen molar-refractivity contribution >= 4 is 172 Å². The first-order valence-corrected chi connectivity index (χ1v) is 32.3. The van der Waals surface area contributed by atoms with Crippen LogP contribution in [0, 0.1) is 0 Å². The molecule has 13 rings (SSSR count). The number of fused-ring (bicyclic) bond motifs is 3. The Morgan fingerprint density at radius 3 is 1.15 bits per heavy atom. The number of likely N-dealkylation sites (tertiary alicyclic amines) is 1. The maximum absolute atomic E-state index is 12.5. The molecule has 14 nitrogen and oxygen atoms in total. The van der Waals surface area contributed by atoms with Gasteiger partial charge in [-0.2, -0.15) is 0 Å². The van der Waals surface area contributed by atoms with Crippen LogP contribution in [0.1, 0.15) is 57.8 Å². The number of carboxylic acids is 1. The molecule has 0 atom stereocenters. The summed E-state index contributed by atoms with van der Waals surface area (Å²) in [6, 6.07) is 71.1. The van der Waals surface area contributed by atoms with Gasteiger partial charge in [-0.3, -0.25) is 18.5 Å². The number of benzene rings is 9. The third kappa shape index (κ3) is 20.9. The number of amides is 1. The van der Waals surface area contributed by atoms with E-state index in [9.17, 15) is 14.4 Å². The number of carbonyl (C=O) groups excluding carboxylic acids is 2. The topological polar surface area (TPSA) is 179 Å². The zero-order chi connectivity index (χ0) is 69.2. The Balaban J connectivity index is 0.000000191. The van der Waals surface area contributed by atoms with Gasteiger partial charge in [0.05, 0.1) is 51.3 Å². The number of esters is 1. The normalized spacial score (nSPS) is 11.3. The minimum atomic E-state index is -0.918. The average Bonchev–Trinajstić information content (AvgIpc) is 1.44. The fourth-order valence-electron chi connectivity index (χ4n) is 12.2. The molecule has 1 fully saturated rings. The number of aromatic carboxylic acids is 1. The second kappa shape index (κ2) is 39.2. The number of nitrogens with zero attached hydrogens (tertiary/aromatic N) is 7. The van der Waals surface area contributed by atoms with Crippen LogP contribution in [-0.4, -0.2) is 217 Å². The van der Waals surface area contributed by atoms with Crippen molar-refractivity contribution < 1.29 is 81.1 Å². The minimum Gasteiger partial charge on any atom is -0.870 e. The summed E-state index contributed by atoms with van der Waals surface area (Å²) in [7, 11) is 53.4. The summed E-state index contributed by atoms with van der Waals surface area (Å²) in [6.07, 6.45) is 4.73. The molecule has 4 heterocycles. The van der Waals surface area contributed by atoms with Crippen LogP contribution in [0.3, 0.4) is 0 Å². The molecule has 3 N–H and O–H groups in total. The largest absolute Gasteiger partial charge is 1.00 e. The molecule has 3 aromatic heterocycles. The van der Waals surface area contributed by atoms with Crippen LogP contribution in [0.4, 0.5) is 0 Å². The van der Waals surface area contributed by atoms with Crippen LogP contribution in [0.2, 0.25) is 0 Å². The number of rotatable bonds is 19. The van der Waals surface area contributed by atoms with Crippen molar-refractivity contribution in [3.05, 3.63) is 254 Å². The fraction of sp³-hybridized carbons (Fsp3) is 0.130. The van der Waals surface area contributed by atoms with Gasteiger partial charge in [0.25, 0.3) is 5.91 Å². The van der Waals surface area contributed by atoms with Crippen molar-refractivity contribution in [3.8, 4) is 50.4 Å². The van der Waals surface area contributed by atoms with Crippen LogP contribution in [-0.2, 0) is 4.74 Å². The first-order chi connectivity index (χ1) is 47.5. The third-order valence-corrected chi connectivity index (χ3v) is 17.4. The van der Waals surface area contributed by atoms with E-state index in [2.05, 4.69) is 95.0 Å².